The van der Waals surface area contributed by atoms with Gasteiger partial charge in [0.2, 0.25) is 15.9 Å². The van der Waals surface area contributed by atoms with Gasteiger partial charge in [0.1, 0.15) is 10.6 Å². The molecule has 7 nitrogen and oxygen atoms in total. The summed E-state index contributed by atoms with van der Waals surface area (Å²) >= 11 is 0. The van der Waals surface area contributed by atoms with Crippen molar-refractivity contribution < 1.29 is 17.7 Å². The van der Waals surface area contributed by atoms with Crippen LogP contribution in [-0.2, 0) is 14.8 Å². The van der Waals surface area contributed by atoms with Gasteiger partial charge < -0.3 is 9.42 Å². The molecule has 2 fully saturated rings. The number of β-lactam (4-membered cyclic amide) rings is 1. The number of carbonyl (C=O) groups is 1. The molecule has 1 aromatic heterocycles. The van der Waals surface area contributed by atoms with Crippen molar-refractivity contribution >= 4 is 15.9 Å². The van der Waals surface area contributed by atoms with E-state index in [-0.39, 0.29) is 34.6 Å². The molecule has 1 unspecified atom stereocenters. The van der Waals surface area contributed by atoms with E-state index in [0.29, 0.717) is 12.2 Å². The fourth-order valence-corrected chi connectivity index (χ4v) is 6.36. The zero-order chi connectivity index (χ0) is 20.6. The molecule has 156 valence electrons. The Labute approximate surface area is 171 Å². The monoisotopic (exact) mass is 417 g/mol. The molecule has 2 aliphatic rings. The molecule has 2 heterocycles. The molecular formula is C21H27N3O4S. The Morgan fingerprint density at radius 1 is 1.17 bits per heavy atom. The summed E-state index contributed by atoms with van der Waals surface area (Å²) in [5, 5.41) is 3.72. The lowest BCUT2D eigenvalue weighted by atomic mass is 9.60. The van der Waals surface area contributed by atoms with Gasteiger partial charge in [0.15, 0.2) is 5.76 Å². The fourth-order valence-electron chi connectivity index (χ4n) is 5.02. The van der Waals surface area contributed by atoms with Crippen LogP contribution in [0.15, 0.2) is 39.8 Å². The number of carbonyl (C=O) groups excluding carboxylic acids is 1. The number of sulfonamides is 1. The predicted molar refractivity (Wildman–Crippen MR) is 108 cm³/mol. The van der Waals surface area contributed by atoms with Crippen molar-refractivity contribution in [3.63, 3.8) is 0 Å². The molecule has 4 rings (SSSR count). The summed E-state index contributed by atoms with van der Waals surface area (Å²) in [6, 6.07) is 10.1. The summed E-state index contributed by atoms with van der Waals surface area (Å²) in [5.74, 6) is 0.418. The van der Waals surface area contributed by atoms with Crippen molar-refractivity contribution in [1.29, 1.82) is 0 Å². The first-order valence-corrected chi connectivity index (χ1v) is 11.6. The van der Waals surface area contributed by atoms with Crippen molar-refractivity contribution in [1.82, 2.24) is 14.8 Å². The number of rotatable bonds is 6. The zero-order valence-electron chi connectivity index (χ0n) is 16.8. The molecule has 29 heavy (non-hydrogen) atoms. The van der Waals surface area contributed by atoms with Gasteiger partial charge in [-0.15, -0.1) is 0 Å². The van der Waals surface area contributed by atoms with E-state index < -0.39 is 10.0 Å². The molecule has 2 aromatic rings. The van der Waals surface area contributed by atoms with Gasteiger partial charge in [-0.1, -0.05) is 54.8 Å². The molecular weight excluding hydrogens is 390 g/mol. The Hall–Kier alpha value is -2.19. The minimum absolute atomic E-state index is 0.0140. The second-order valence-corrected chi connectivity index (χ2v) is 9.78. The highest BCUT2D eigenvalue weighted by Gasteiger charge is 2.60. The first-order valence-electron chi connectivity index (χ1n) is 10.2. The second-order valence-electron chi connectivity index (χ2n) is 8.08. The van der Waals surface area contributed by atoms with E-state index in [9.17, 15) is 13.2 Å². The molecule has 1 amide bonds. The molecule has 1 saturated carbocycles. The summed E-state index contributed by atoms with van der Waals surface area (Å²) in [5.41, 5.74) is 1.14. The van der Waals surface area contributed by atoms with Crippen molar-refractivity contribution in [2.75, 3.05) is 13.1 Å². The number of aromatic nitrogens is 1. The average Bonchev–Trinajstić information content (AvgIpc) is 3.07. The molecule has 8 heteroatoms. The number of benzene rings is 1. The molecule has 0 bridgehead atoms. The number of hydrogen-bond donors (Lipinski definition) is 1. The van der Waals surface area contributed by atoms with Gasteiger partial charge >= 0.3 is 0 Å². The van der Waals surface area contributed by atoms with E-state index in [0.717, 1.165) is 31.2 Å². The Morgan fingerprint density at radius 3 is 2.48 bits per heavy atom. The van der Waals surface area contributed by atoms with Crippen LogP contribution in [0.5, 0.6) is 0 Å². The lowest BCUT2D eigenvalue weighted by Crippen LogP contribution is -2.64. The number of aryl methyl sites for hydroxylation is 2. The second kappa shape index (κ2) is 7.57. The highest BCUT2D eigenvalue weighted by molar-refractivity contribution is 7.89. The molecule has 0 radical (unpaired) electrons. The highest BCUT2D eigenvalue weighted by atomic mass is 32.2. The molecule has 1 aliphatic carbocycles. The normalized spacial score (nSPS) is 21.4. The van der Waals surface area contributed by atoms with E-state index in [2.05, 4.69) is 22.0 Å². The van der Waals surface area contributed by atoms with Crippen molar-refractivity contribution in [3.8, 4) is 0 Å². The van der Waals surface area contributed by atoms with Crippen molar-refractivity contribution in [2.24, 2.45) is 5.41 Å². The van der Waals surface area contributed by atoms with Crippen LogP contribution in [0.4, 0.5) is 0 Å². The third-order valence-electron chi connectivity index (χ3n) is 6.26. The lowest BCUT2D eigenvalue weighted by Gasteiger charge is -2.58. The van der Waals surface area contributed by atoms with Crippen LogP contribution in [0, 0.1) is 19.3 Å². The van der Waals surface area contributed by atoms with Crippen molar-refractivity contribution in [3.05, 3.63) is 47.3 Å². The number of nitrogens with zero attached hydrogens (tertiary/aromatic N) is 2. The Bertz CT molecular complexity index is 975. The maximum absolute atomic E-state index is 13.1. The topological polar surface area (TPSA) is 92.5 Å². The smallest absolute Gasteiger partial charge is 0.246 e. The first-order chi connectivity index (χ1) is 13.9. The number of hydrogen-bond acceptors (Lipinski definition) is 5. The van der Waals surface area contributed by atoms with Gasteiger partial charge in [-0.3, -0.25) is 4.79 Å². The highest BCUT2D eigenvalue weighted by Crippen LogP contribution is 2.57. The summed E-state index contributed by atoms with van der Waals surface area (Å²) in [6.45, 7) is 3.66. The van der Waals surface area contributed by atoms with E-state index in [1.807, 2.05) is 23.1 Å². The minimum Gasteiger partial charge on any atom is -0.360 e. The minimum atomic E-state index is -3.74. The summed E-state index contributed by atoms with van der Waals surface area (Å²) in [7, 11) is -3.74. The molecule has 1 N–H and O–H groups in total. The maximum atomic E-state index is 13.1. The summed E-state index contributed by atoms with van der Waals surface area (Å²) in [6.07, 6.45) is 5.14. The molecule has 1 spiro atoms. The fraction of sp³-hybridized carbons (Fsp3) is 0.524. The molecule has 1 aromatic carbocycles. The van der Waals surface area contributed by atoms with Crippen LogP contribution in [-0.4, -0.2) is 37.5 Å². The SMILES string of the molecule is Cc1noc(C)c1S(=O)(=O)NCCN1C(=O)C2(CCCCC2)C1c1ccccc1. The van der Waals surface area contributed by atoms with E-state index >= 15 is 0 Å². The van der Waals surface area contributed by atoms with Gasteiger partial charge in [0.25, 0.3) is 0 Å². The summed E-state index contributed by atoms with van der Waals surface area (Å²) in [4.78, 5) is 15.0. The lowest BCUT2D eigenvalue weighted by molar-refractivity contribution is -0.178. The predicted octanol–water partition coefficient (Wildman–Crippen LogP) is 3.10. The Morgan fingerprint density at radius 2 is 1.86 bits per heavy atom. The number of amides is 1. The van der Waals surface area contributed by atoms with E-state index in [1.165, 1.54) is 6.42 Å². The average molecular weight is 418 g/mol. The van der Waals surface area contributed by atoms with Gasteiger partial charge in [-0.05, 0) is 32.3 Å². The molecule has 1 saturated heterocycles. The Balaban J connectivity index is 1.50. The zero-order valence-corrected chi connectivity index (χ0v) is 17.7. The van der Waals surface area contributed by atoms with Crippen molar-refractivity contribution in [2.45, 2.75) is 56.9 Å². The number of likely N-dealkylation sites (tertiary alicyclic amines) is 1. The van der Waals surface area contributed by atoms with Crippen LogP contribution >= 0.6 is 0 Å². The van der Waals surface area contributed by atoms with Crippen LogP contribution in [0.25, 0.3) is 0 Å². The van der Waals surface area contributed by atoms with Crippen LogP contribution in [0.1, 0.15) is 55.2 Å². The Kier molecular flexibility index (Phi) is 5.25. The number of nitrogens with one attached hydrogen (secondary N) is 1. The van der Waals surface area contributed by atoms with E-state index in [1.54, 1.807) is 13.8 Å². The van der Waals surface area contributed by atoms with Gasteiger partial charge in [0.05, 0.1) is 11.5 Å². The van der Waals surface area contributed by atoms with Crippen LogP contribution < -0.4 is 4.72 Å². The van der Waals surface area contributed by atoms with E-state index in [4.69, 9.17) is 4.52 Å². The van der Waals surface area contributed by atoms with Gasteiger partial charge in [-0.25, -0.2) is 13.1 Å². The molecule has 1 aliphatic heterocycles. The summed E-state index contributed by atoms with van der Waals surface area (Å²) < 4.78 is 32.9. The quantitative estimate of drug-likeness (QED) is 0.729. The molecule has 1 atom stereocenters. The van der Waals surface area contributed by atoms with Crippen LogP contribution in [0.3, 0.4) is 0 Å². The first kappa shape index (κ1) is 20.1. The third kappa shape index (κ3) is 3.38. The standard InChI is InChI=1S/C21H27N3O4S/c1-15-18(16(2)28-23-15)29(26,27)22-13-14-24-19(17-9-5-3-6-10-17)21(20(24)25)11-7-4-8-12-21/h3,5-6,9-10,19,22H,4,7-8,11-14H2,1-2H3. The maximum Gasteiger partial charge on any atom is 0.246 e. The third-order valence-corrected chi connectivity index (χ3v) is 7.97. The largest absolute Gasteiger partial charge is 0.360 e. The van der Waals surface area contributed by atoms with Gasteiger partial charge in [0, 0.05) is 13.1 Å². The van der Waals surface area contributed by atoms with Crippen LogP contribution in [0.2, 0.25) is 0 Å². The van der Waals surface area contributed by atoms with Gasteiger partial charge in [-0.2, -0.15) is 0 Å².